The van der Waals surface area contributed by atoms with E-state index in [4.69, 9.17) is 0 Å². The van der Waals surface area contributed by atoms with Crippen LogP contribution >= 0.6 is 0 Å². The van der Waals surface area contributed by atoms with Crippen LogP contribution in [0.1, 0.15) is 45.4 Å². The molecule has 0 heteroatoms. The standard InChI is InChI=1S/C14H20/c1-14-8-3-2-4-13(14)10-12(7-9-14)11-5-6-11/h7,9-12H,2-6,8H2,1H3. The van der Waals surface area contributed by atoms with Crippen molar-refractivity contribution in [2.45, 2.75) is 45.4 Å². The van der Waals surface area contributed by atoms with Crippen molar-refractivity contribution < 1.29 is 0 Å². The molecule has 2 fully saturated rings. The second kappa shape index (κ2) is 2.98. The molecule has 0 radical (unpaired) electrons. The van der Waals surface area contributed by atoms with Gasteiger partial charge in [-0.25, -0.2) is 0 Å². The Kier molecular flexibility index (Phi) is 1.87. The van der Waals surface area contributed by atoms with Gasteiger partial charge in [-0.1, -0.05) is 37.1 Å². The first-order valence-electron chi connectivity index (χ1n) is 6.18. The summed E-state index contributed by atoms with van der Waals surface area (Å²) >= 11 is 0. The fourth-order valence-electron chi connectivity index (χ4n) is 3.10. The van der Waals surface area contributed by atoms with Gasteiger partial charge in [0.1, 0.15) is 0 Å². The summed E-state index contributed by atoms with van der Waals surface area (Å²) in [6, 6.07) is 0. The zero-order valence-electron chi connectivity index (χ0n) is 9.13. The maximum absolute atomic E-state index is 2.61. The van der Waals surface area contributed by atoms with Crippen LogP contribution in [0, 0.1) is 17.3 Å². The topological polar surface area (TPSA) is 0 Å². The molecule has 0 N–H and O–H groups in total. The molecule has 0 aromatic rings. The van der Waals surface area contributed by atoms with E-state index in [2.05, 4.69) is 25.2 Å². The minimum Gasteiger partial charge on any atom is -0.0805 e. The van der Waals surface area contributed by atoms with Gasteiger partial charge in [-0.15, -0.1) is 0 Å². The maximum Gasteiger partial charge on any atom is 0.00629 e. The van der Waals surface area contributed by atoms with Gasteiger partial charge in [0.05, 0.1) is 0 Å². The molecule has 14 heavy (non-hydrogen) atoms. The summed E-state index contributed by atoms with van der Waals surface area (Å²) < 4.78 is 0. The van der Waals surface area contributed by atoms with Crippen molar-refractivity contribution in [2.24, 2.45) is 17.3 Å². The Morgan fingerprint density at radius 2 is 2.14 bits per heavy atom. The molecule has 2 unspecified atom stereocenters. The fourth-order valence-corrected chi connectivity index (χ4v) is 3.10. The Labute approximate surface area is 87.1 Å². The molecule has 0 nitrogen and oxygen atoms in total. The third kappa shape index (κ3) is 1.36. The molecule has 2 atom stereocenters. The first-order chi connectivity index (χ1) is 6.78. The van der Waals surface area contributed by atoms with Crippen LogP contribution in [0.5, 0.6) is 0 Å². The van der Waals surface area contributed by atoms with E-state index >= 15 is 0 Å². The van der Waals surface area contributed by atoms with Crippen molar-refractivity contribution in [3.8, 4) is 0 Å². The first-order valence-corrected chi connectivity index (χ1v) is 6.18. The van der Waals surface area contributed by atoms with E-state index in [1.54, 1.807) is 5.57 Å². The Balaban J connectivity index is 1.86. The van der Waals surface area contributed by atoms with E-state index in [0.29, 0.717) is 5.41 Å². The molecule has 0 heterocycles. The molecular weight excluding hydrogens is 168 g/mol. The SMILES string of the molecule is CC12C=CC(C3CC3)C=C1CCCC2. The van der Waals surface area contributed by atoms with Crippen LogP contribution in [0.2, 0.25) is 0 Å². The van der Waals surface area contributed by atoms with Gasteiger partial charge in [-0.05, 0) is 43.9 Å². The maximum atomic E-state index is 2.61. The molecule has 3 aliphatic rings. The quantitative estimate of drug-likeness (QED) is 0.544. The highest BCUT2D eigenvalue weighted by Crippen LogP contribution is 2.48. The van der Waals surface area contributed by atoms with Crippen LogP contribution in [0.25, 0.3) is 0 Å². The molecule has 3 rings (SSSR count). The van der Waals surface area contributed by atoms with E-state index in [1.165, 1.54) is 38.5 Å². The van der Waals surface area contributed by atoms with Gasteiger partial charge < -0.3 is 0 Å². The number of allylic oxidation sites excluding steroid dienone is 4. The van der Waals surface area contributed by atoms with Gasteiger partial charge in [0.25, 0.3) is 0 Å². The third-order valence-electron chi connectivity index (χ3n) is 4.37. The molecule has 0 saturated heterocycles. The molecule has 2 saturated carbocycles. The zero-order chi connectivity index (χ0) is 9.60. The van der Waals surface area contributed by atoms with E-state index in [1.807, 2.05) is 0 Å². The monoisotopic (exact) mass is 188 g/mol. The highest BCUT2D eigenvalue weighted by Gasteiger charge is 2.36. The highest BCUT2D eigenvalue weighted by atomic mass is 14.4. The normalized spacial score (nSPS) is 41.8. The van der Waals surface area contributed by atoms with Crippen LogP contribution < -0.4 is 0 Å². The van der Waals surface area contributed by atoms with Crippen LogP contribution in [0.15, 0.2) is 23.8 Å². The van der Waals surface area contributed by atoms with Gasteiger partial charge in [-0.3, -0.25) is 0 Å². The predicted octanol–water partition coefficient (Wildman–Crippen LogP) is 4.09. The minimum absolute atomic E-state index is 0.448. The summed E-state index contributed by atoms with van der Waals surface area (Å²) in [6.45, 7) is 2.43. The van der Waals surface area contributed by atoms with Crippen molar-refractivity contribution in [3.05, 3.63) is 23.8 Å². The molecule has 3 aliphatic carbocycles. The molecular formula is C14H20. The van der Waals surface area contributed by atoms with E-state index in [-0.39, 0.29) is 0 Å². The van der Waals surface area contributed by atoms with Gasteiger partial charge >= 0.3 is 0 Å². The second-order valence-electron chi connectivity index (χ2n) is 5.59. The van der Waals surface area contributed by atoms with Gasteiger partial charge in [0.2, 0.25) is 0 Å². The molecule has 0 aliphatic heterocycles. The Hall–Kier alpha value is -0.520. The lowest BCUT2D eigenvalue weighted by Gasteiger charge is -2.37. The van der Waals surface area contributed by atoms with Crippen LogP contribution in [-0.4, -0.2) is 0 Å². The second-order valence-corrected chi connectivity index (χ2v) is 5.59. The van der Waals surface area contributed by atoms with Crippen molar-refractivity contribution >= 4 is 0 Å². The van der Waals surface area contributed by atoms with Crippen molar-refractivity contribution in [2.75, 3.05) is 0 Å². The number of hydrogen-bond acceptors (Lipinski definition) is 0. The minimum atomic E-state index is 0.448. The largest absolute Gasteiger partial charge is 0.0805 e. The number of rotatable bonds is 1. The summed E-state index contributed by atoms with van der Waals surface area (Å²) in [5, 5.41) is 0. The van der Waals surface area contributed by atoms with Crippen molar-refractivity contribution in [3.63, 3.8) is 0 Å². The van der Waals surface area contributed by atoms with Gasteiger partial charge in [0.15, 0.2) is 0 Å². The summed E-state index contributed by atoms with van der Waals surface area (Å²) in [6.07, 6.45) is 16.1. The summed E-state index contributed by atoms with van der Waals surface area (Å²) in [7, 11) is 0. The summed E-state index contributed by atoms with van der Waals surface area (Å²) in [4.78, 5) is 0. The Morgan fingerprint density at radius 3 is 2.93 bits per heavy atom. The third-order valence-corrected chi connectivity index (χ3v) is 4.37. The molecule has 0 spiro atoms. The molecule has 0 aromatic heterocycles. The smallest absolute Gasteiger partial charge is 0.00629 e. The molecule has 0 bridgehead atoms. The van der Waals surface area contributed by atoms with Crippen LogP contribution in [-0.2, 0) is 0 Å². The van der Waals surface area contributed by atoms with Gasteiger partial charge in [-0.2, -0.15) is 0 Å². The Morgan fingerprint density at radius 1 is 1.29 bits per heavy atom. The first kappa shape index (κ1) is 8.76. The average Bonchev–Trinajstić information content (AvgIpc) is 3.00. The Bertz CT molecular complexity index is 293. The molecule has 0 amide bonds. The summed E-state index contributed by atoms with van der Waals surface area (Å²) in [5.74, 6) is 1.81. The van der Waals surface area contributed by atoms with Crippen molar-refractivity contribution in [1.82, 2.24) is 0 Å². The zero-order valence-corrected chi connectivity index (χ0v) is 9.13. The predicted molar refractivity (Wildman–Crippen MR) is 60.0 cm³/mol. The molecule has 76 valence electrons. The average molecular weight is 188 g/mol. The van der Waals surface area contributed by atoms with E-state index in [9.17, 15) is 0 Å². The number of fused-ring (bicyclic) bond motifs is 1. The van der Waals surface area contributed by atoms with E-state index < -0.39 is 0 Å². The lowest BCUT2D eigenvalue weighted by atomic mass is 9.67. The lowest BCUT2D eigenvalue weighted by Crippen LogP contribution is -2.24. The summed E-state index contributed by atoms with van der Waals surface area (Å²) in [5.41, 5.74) is 2.20. The lowest BCUT2D eigenvalue weighted by molar-refractivity contribution is 0.367. The van der Waals surface area contributed by atoms with Crippen LogP contribution in [0.4, 0.5) is 0 Å². The van der Waals surface area contributed by atoms with E-state index in [0.717, 1.165) is 11.8 Å². The highest BCUT2D eigenvalue weighted by molar-refractivity contribution is 5.30. The molecule has 0 aromatic carbocycles. The van der Waals surface area contributed by atoms with Gasteiger partial charge in [0, 0.05) is 5.41 Å². The van der Waals surface area contributed by atoms with Crippen molar-refractivity contribution in [1.29, 1.82) is 0 Å². The fraction of sp³-hybridized carbons (Fsp3) is 0.714. The number of hydrogen-bond donors (Lipinski definition) is 0. The van der Waals surface area contributed by atoms with Crippen LogP contribution in [0.3, 0.4) is 0 Å².